The average molecular weight is 326 g/mol. The maximum absolute atomic E-state index is 6.01. The van der Waals surface area contributed by atoms with Crippen LogP contribution in [0.1, 0.15) is 30.1 Å². The van der Waals surface area contributed by atoms with Crippen molar-refractivity contribution >= 4 is 6.01 Å². The number of morpholine rings is 1. The van der Waals surface area contributed by atoms with Crippen LogP contribution in [0.4, 0.5) is 6.01 Å². The van der Waals surface area contributed by atoms with Crippen LogP contribution in [0.2, 0.25) is 0 Å². The van der Waals surface area contributed by atoms with E-state index in [0.717, 1.165) is 38.6 Å². The Bertz CT molecular complexity index is 700. The Hall–Kier alpha value is -1.92. The van der Waals surface area contributed by atoms with Gasteiger partial charge in [0.25, 0.3) is 0 Å². The Balaban J connectivity index is 1.30. The summed E-state index contributed by atoms with van der Waals surface area (Å²) in [5.74, 6) is 1.40. The van der Waals surface area contributed by atoms with Crippen LogP contribution < -0.4 is 4.90 Å². The predicted molar refractivity (Wildman–Crippen MR) is 88.9 cm³/mol. The fourth-order valence-corrected chi connectivity index (χ4v) is 3.79. The van der Waals surface area contributed by atoms with Gasteiger partial charge in [-0.05, 0) is 18.4 Å². The number of benzene rings is 1. The van der Waals surface area contributed by atoms with Crippen molar-refractivity contribution in [3.63, 3.8) is 0 Å². The molecule has 2 atom stereocenters. The summed E-state index contributed by atoms with van der Waals surface area (Å²) in [5.41, 5.74) is 1.35. The van der Waals surface area contributed by atoms with Gasteiger partial charge in [0.2, 0.25) is 0 Å². The molecule has 1 aromatic carbocycles. The standard InChI is InChI=1S/C18H22N4O2/c1-2-4-13(5-3-1)10-21-8-9-23-16-12-22(11-15(16)21)18-19-17(20-24-18)14-6-7-14/h1-5,14-16H,6-12H2/t15-,16+/m1/s1. The summed E-state index contributed by atoms with van der Waals surface area (Å²) < 4.78 is 11.5. The normalized spacial score (nSPS) is 27.4. The lowest BCUT2D eigenvalue weighted by molar-refractivity contribution is -0.0499. The first-order valence-corrected chi connectivity index (χ1v) is 8.85. The van der Waals surface area contributed by atoms with Crippen LogP contribution >= 0.6 is 0 Å². The SMILES string of the molecule is c1ccc(CN2CCO[C@H]3CN(c4nc(C5CC5)no4)C[C@H]32)cc1. The second kappa shape index (κ2) is 5.86. The number of rotatable bonds is 4. The molecule has 0 radical (unpaired) electrons. The van der Waals surface area contributed by atoms with E-state index in [4.69, 9.17) is 9.26 Å². The van der Waals surface area contributed by atoms with Gasteiger partial charge in [0.15, 0.2) is 5.82 Å². The van der Waals surface area contributed by atoms with Crippen molar-refractivity contribution in [1.29, 1.82) is 0 Å². The minimum absolute atomic E-state index is 0.221. The van der Waals surface area contributed by atoms with Gasteiger partial charge in [-0.25, -0.2) is 0 Å². The minimum Gasteiger partial charge on any atom is -0.373 e. The van der Waals surface area contributed by atoms with Crippen LogP contribution in [0.5, 0.6) is 0 Å². The molecule has 0 unspecified atom stereocenters. The molecule has 0 N–H and O–H groups in total. The van der Waals surface area contributed by atoms with E-state index in [1.807, 2.05) is 0 Å². The molecule has 5 rings (SSSR count). The molecule has 1 saturated carbocycles. The number of ether oxygens (including phenoxy) is 1. The van der Waals surface area contributed by atoms with Gasteiger partial charge >= 0.3 is 6.01 Å². The van der Waals surface area contributed by atoms with Gasteiger partial charge in [-0.15, -0.1) is 0 Å². The van der Waals surface area contributed by atoms with E-state index in [9.17, 15) is 0 Å². The number of hydrogen-bond donors (Lipinski definition) is 0. The zero-order chi connectivity index (χ0) is 15.9. The summed E-state index contributed by atoms with van der Waals surface area (Å²) in [6.45, 7) is 4.46. The number of nitrogens with zero attached hydrogens (tertiary/aromatic N) is 4. The van der Waals surface area contributed by atoms with Gasteiger partial charge in [0.05, 0.1) is 25.3 Å². The van der Waals surface area contributed by atoms with Crippen LogP contribution in [-0.4, -0.2) is 53.4 Å². The third-order valence-electron chi connectivity index (χ3n) is 5.29. The summed E-state index contributed by atoms with van der Waals surface area (Å²) in [7, 11) is 0. The first-order chi connectivity index (χ1) is 11.9. The van der Waals surface area contributed by atoms with Crippen molar-refractivity contribution in [2.24, 2.45) is 0 Å². The Labute approximate surface area is 141 Å². The minimum atomic E-state index is 0.221. The summed E-state index contributed by atoms with van der Waals surface area (Å²) in [6, 6.07) is 11.7. The van der Waals surface area contributed by atoms with Crippen LogP contribution in [-0.2, 0) is 11.3 Å². The van der Waals surface area contributed by atoms with Gasteiger partial charge in [-0.1, -0.05) is 35.5 Å². The maximum atomic E-state index is 6.01. The predicted octanol–water partition coefficient (Wildman–Crippen LogP) is 2.04. The molecule has 2 saturated heterocycles. The van der Waals surface area contributed by atoms with Crippen LogP contribution in [0.3, 0.4) is 0 Å². The second-order valence-corrected chi connectivity index (χ2v) is 7.05. The second-order valence-electron chi connectivity index (χ2n) is 7.05. The lowest BCUT2D eigenvalue weighted by Gasteiger charge is -2.36. The molecular weight excluding hydrogens is 304 g/mol. The fourth-order valence-electron chi connectivity index (χ4n) is 3.79. The molecule has 0 spiro atoms. The molecule has 6 heteroatoms. The van der Waals surface area contributed by atoms with Crippen LogP contribution in [0, 0.1) is 0 Å². The highest BCUT2D eigenvalue weighted by atomic mass is 16.5. The summed E-state index contributed by atoms with van der Waals surface area (Å²) in [6.07, 6.45) is 2.61. The van der Waals surface area contributed by atoms with Gasteiger partial charge in [-0.2, -0.15) is 4.98 Å². The van der Waals surface area contributed by atoms with E-state index >= 15 is 0 Å². The van der Waals surface area contributed by atoms with E-state index in [0.29, 0.717) is 18.0 Å². The highest BCUT2D eigenvalue weighted by Crippen LogP contribution is 2.39. The van der Waals surface area contributed by atoms with Crippen molar-refractivity contribution in [2.45, 2.75) is 37.5 Å². The zero-order valence-electron chi connectivity index (χ0n) is 13.7. The molecule has 6 nitrogen and oxygen atoms in total. The number of anilines is 1. The quantitative estimate of drug-likeness (QED) is 0.857. The van der Waals surface area contributed by atoms with E-state index in [2.05, 4.69) is 50.3 Å². The monoisotopic (exact) mass is 326 g/mol. The zero-order valence-corrected chi connectivity index (χ0v) is 13.7. The first-order valence-electron chi connectivity index (χ1n) is 8.85. The topological polar surface area (TPSA) is 54.6 Å². The highest BCUT2D eigenvalue weighted by molar-refractivity contribution is 5.31. The highest BCUT2D eigenvalue weighted by Gasteiger charge is 2.42. The van der Waals surface area contributed by atoms with E-state index in [-0.39, 0.29) is 6.10 Å². The van der Waals surface area contributed by atoms with Gasteiger partial charge in [0.1, 0.15) is 0 Å². The molecule has 3 fully saturated rings. The Morgan fingerprint density at radius 2 is 2.00 bits per heavy atom. The molecule has 2 aromatic rings. The number of hydrogen-bond acceptors (Lipinski definition) is 6. The van der Waals surface area contributed by atoms with Crippen molar-refractivity contribution in [1.82, 2.24) is 15.0 Å². The van der Waals surface area contributed by atoms with Gasteiger partial charge in [0, 0.05) is 25.6 Å². The summed E-state index contributed by atoms with van der Waals surface area (Å²) >= 11 is 0. The van der Waals surface area contributed by atoms with E-state index in [1.165, 1.54) is 18.4 Å². The molecule has 1 aliphatic carbocycles. The van der Waals surface area contributed by atoms with Crippen LogP contribution in [0.25, 0.3) is 0 Å². The summed E-state index contributed by atoms with van der Waals surface area (Å²) in [5, 5.41) is 4.14. The largest absolute Gasteiger partial charge is 0.373 e. The smallest absolute Gasteiger partial charge is 0.324 e. The first kappa shape index (κ1) is 14.4. The summed E-state index contributed by atoms with van der Waals surface area (Å²) in [4.78, 5) is 9.32. The molecular formula is C18H22N4O2. The molecule has 1 aromatic heterocycles. The number of fused-ring (bicyclic) bond motifs is 1. The van der Waals surface area contributed by atoms with Gasteiger partial charge in [-0.3, -0.25) is 4.90 Å². The molecule has 0 amide bonds. The van der Waals surface area contributed by atoms with E-state index < -0.39 is 0 Å². The Morgan fingerprint density at radius 1 is 1.12 bits per heavy atom. The molecule has 3 aliphatic rings. The Morgan fingerprint density at radius 3 is 2.83 bits per heavy atom. The average Bonchev–Trinajstić information content (AvgIpc) is 3.18. The third-order valence-corrected chi connectivity index (χ3v) is 5.29. The third kappa shape index (κ3) is 2.70. The van der Waals surface area contributed by atoms with Crippen molar-refractivity contribution < 1.29 is 9.26 Å². The lowest BCUT2D eigenvalue weighted by atomic mass is 10.1. The van der Waals surface area contributed by atoms with Crippen molar-refractivity contribution in [2.75, 3.05) is 31.1 Å². The van der Waals surface area contributed by atoms with Crippen LogP contribution in [0.15, 0.2) is 34.9 Å². The molecule has 126 valence electrons. The maximum Gasteiger partial charge on any atom is 0.324 e. The lowest BCUT2D eigenvalue weighted by Crippen LogP contribution is -2.50. The molecule has 24 heavy (non-hydrogen) atoms. The van der Waals surface area contributed by atoms with Gasteiger partial charge < -0.3 is 14.2 Å². The molecule has 3 heterocycles. The number of aromatic nitrogens is 2. The molecule has 0 bridgehead atoms. The van der Waals surface area contributed by atoms with E-state index in [1.54, 1.807) is 0 Å². The van der Waals surface area contributed by atoms with Crippen molar-refractivity contribution in [3.8, 4) is 0 Å². The molecule has 2 aliphatic heterocycles. The fraction of sp³-hybridized carbons (Fsp3) is 0.556. The van der Waals surface area contributed by atoms with Crippen molar-refractivity contribution in [3.05, 3.63) is 41.7 Å². The Kier molecular flexibility index (Phi) is 3.52.